The Hall–Kier alpha value is -0.940. The maximum Gasteiger partial charge on any atom is 0.320 e. The summed E-state index contributed by atoms with van der Waals surface area (Å²) in [7, 11) is 0. The summed E-state index contributed by atoms with van der Waals surface area (Å²) in [5.41, 5.74) is 9.85. The van der Waals surface area contributed by atoms with E-state index in [1.807, 2.05) is 0 Å². The lowest BCUT2D eigenvalue weighted by molar-refractivity contribution is -0.138. The Morgan fingerprint density at radius 3 is 2.00 bits per heavy atom. The van der Waals surface area contributed by atoms with Crippen LogP contribution in [0.2, 0.25) is 0 Å². The van der Waals surface area contributed by atoms with Crippen LogP contribution in [-0.4, -0.2) is 28.9 Å². The van der Waals surface area contributed by atoms with Gasteiger partial charge in [0.2, 0.25) is 0 Å². The number of ketones is 1. The van der Waals surface area contributed by atoms with E-state index in [0.717, 1.165) is 0 Å². The van der Waals surface area contributed by atoms with Crippen molar-refractivity contribution in [2.75, 3.05) is 0 Å². The molecule has 5 N–H and O–H groups in total. The Morgan fingerprint density at radius 2 is 2.00 bits per heavy atom. The molecule has 1 fully saturated rings. The van der Waals surface area contributed by atoms with Crippen LogP contribution in [-0.2, 0) is 9.59 Å². The van der Waals surface area contributed by atoms with Crippen molar-refractivity contribution in [1.29, 1.82) is 0 Å². The molecule has 11 heavy (non-hydrogen) atoms. The average Bonchev–Trinajstić information content (AvgIpc) is 2.46. The second kappa shape index (κ2) is 4.05. The first-order valence-electron chi connectivity index (χ1n) is 3.22. The van der Waals surface area contributed by atoms with Crippen LogP contribution in [0, 0.1) is 0 Å². The van der Waals surface area contributed by atoms with Crippen LogP contribution in [0.25, 0.3) is 0 Å². The van der Waals surface area contributed by atoms with Gasteiger partial charge in [0.25, 0.3) is 0 Å². The molecule has 1 aliphatic carbocycles. The molecule has 1 saturated carbocycles. The maximum absolute atomic E-state index is 9.76. The number of hydrogen-bond donors (Lipinski definition) is 3. The SMILES string of the molecule is C[C@H](N)C(=O)O.NC1CC1=O. The zero-order chi connectivity index (χ0) is 9.02. The zero-order valence-electron chi connectivity index (χ0n) is 6.28. The summed E-state index contributed by atoms with van der Waals surface area (Å²) in [6.07, 6.45) is 0.611. The normalized spacial score (nSPS) is 23.2. The zero-order valence-corrected chi connectivity index (χ0v) is 6.28. The smallest absolute Gasteiger partial charge is 0.320 e. The number of Topliss-reactive ketones (excluding diaryl/α,β-unsaturated/α-hetero) is 1. The summed E-state index contributed by atoms with van der Waals surface area (Å²) in [5, 5.41) is 7.87. The maximum atomic E-state index is 9.76. The standard InChI is InChI=1S/C3H7NO2.C3H5NO/c1-2(4)3(5)6;4-2-1-3(2)5/h2H,4H2,1H3,(H,5,6);2H,1,4H2/t2-;/m0./s1. The highest BCUT2D eigenvalue weighted by molar-refractivity contribution is 5.99. The largest absolute Gasteiger partial charge is 0.480 e. The third-order valence-electron chi connectivity index (χ3n) is 1.06. The molecule has 0 amide bonds. The fourth-order valence-electron chi connectivity index (χ4n) is 0.158. The molecule has 0 radical (unpaired) electrons. The van der Waals surface area contributed by atoms with E-state index in [0.29, 0.717) is 6.42 Å². The Bertz CT molecular complexity index is 167. The van der Waals surface area contributed by atoms with Gasteiger partial charge in [0.1, 0.15) is 6.04 Å². The van der Waals surface area contributed by atoms with Crippen molar-refractivity contribution in [3.8, 4) is 0 Å². The minimum atomic E-state index is -0.963. The van der Waals surface area contributed by atoms with E-state index < -0.39 is 12.0 Å². The average molecular weight is 160 g/mol. The van der Waals surface area contributed by atoms with Crippen molar-refractivity contribution in [3.63, 3.8) is 0 Å². The number of carbonyl (C=O) groups is 2. The summed E-state index contributed by atoms with van der Waals surface area (Å²) < 4.78 is 0. The number of aliphatic carboxylic acids is 1. The molecule has 5 nitrogen and oxygen atoms in total. The number of carboxylic acid groups (broad SMARTS) is 1. The van der Waals surface area contributed by atoms with E-state index in [1.165, 1.54) is 6.92 Å². The summed E-state index contributed by atoms with van der Waals surface area (Å²) in [5.74, 6) is -0.764. The number of nitrogens with two attached hydrogens (primary N) is 2. The number of rotatable bonds is 1. The van der Waals surface area contributed by atoms with E-state index in [4.69, 9.17) is 16.6 Å². The molecule has 1 rings (SSSR count). The highest BCUT2D eigenvalue weighted by Crippen LogP contribution is 2.07. The van der Waals surface area contributed by atoms with Crippen molar-refractivity contribution in [2.24, 2.45) is 11.5 Å². The van der Waals surface area contributed by atoms with Crippen molar-refractivity contribution in [1.82, 2.24) is 0 Å². The number of hydrogen-bond acceptors (Lipinski definition) is 4. The molecule has 2 atom stereocenters. The van der Waals surface area contributed by atoms with E-state index in [2.05, 4.69) is 0 Å². The first-order valence-corrected chi connectivity index (χ1v) is 3.22. The lowest BCUT2D eigenvalue weighted by Crippen LogP contribution is -2.25. The van der Waals surface area contributed by atoms with Gasteiger partial charge in [-0.2, -0.15) is 0 Å². The van der Waals surface area contributed by atoms with Gasteiger partial charge in [0.15, 0.2) is 5.78 Å². The third kappa shape index (κ3) is 5.50. The molecule has 5 heteroatoms. The quantitative estimate of drug-likeness (QED) is 0.442. The Morgan fingerprint density at radius 1 is 1.82 bits per heavy atom. The van der Waals surface area contributed by atoms with Crippen molar-refractivity contribution >= 4 is 11.8 Å². The Balaban J connectivity index is 0.000000183. The predicted octanol–water partition coefficient (Wildman–Crippen LogP) is -1.30. The van der Waals surface area contributed by atoms with Crippen molar-refractivity contribution in [3.05, 3.63) is 0 Å². The van der Waals surface area contributed by atoms with Crippen LogP contribution < -0.4 is 11.5 Å². The van der Waals surface area contributed by atoms with Gasteiger partial charge in [-0.3, -0.25) is 9.59 Å². The Labute approximate surface area is 64.4 Å². The molecule has 1 aliphatic rings. The van der Waals surface area contributed by atoms with Gasteiger partial charge in [0, 0.05) is 6.42 Å². The van der Waals surface area contributed by atoms with Gasteiger partial charge in [-0.1, -0.05) is 0 Å². The molecule has 0 spiro atoms. The van der Waals surface area contributed by atoms with E-state index >= 15 is 0 Å². The number of carbonyl (C=O) groups excluding carboxylic acids is 1. The van der Waals surface area contributed by atoms with Crippen LogP contribution in [0.5, 0.6) is 0 Å². The summed E-state index contributed by atoms with van der Waals surface area (Å²) in [4.78, 5) is 19.3. The van der Waals surface area contributed by atoms with Gasteiger partial charge >= 0.3 is 5.97 Å². The Kier molecular flexibility index (Phi) is 3.70. The van der Waals surface area contributed by atoms with Crippen LogP contribution in [0.3, 0.4) is 0 Å². The molecule has 64 valence electrons. The topological polar surface area (TPSA) is 106 Å². The predicted molar refractivity (Wildman–Crippen MR) is 38.9 cm³/mol. The highest BCUT2D eigenvalue weighted by atomic mass is 16.4. The van der Waals surface area contributed by atoms with Crippen molar-refractivity contribution < 1.29 is 14.7 Å². The fraction of sp³-hybridized carbons (Fsp3) is 0.667. The van der Waals surface area contributed by atoms with E-state index in [-0.39, 0.29) is 11.8 Å². The molecule has 1 unspecified atom stereocenters. The molecule has 0 aromatic rings. The minimum absolute atomic E-state index is 0.0880. The number of carboxylic acids is 1. The van der Waals surface area contributed by atoms with Gasteiger partial charge in [-0.25, -0.2) is 0 Å². The second-order valence-electron chi connectivity index (χ2n) is 2.40. The molecule has 0 aliphatic heterocycles. The molecular formula is C6H12N2O3. The first kappa shape index (κ1) is 10.1. The molecule has 0 saturated heterocycles. The van der Waals surface area contributed by atoms with Crippen molar-refractivity contribution in [2.45, 2.75) is 25.4 Å². The summed E-state index contributed by atoms with van der Waals surface area (Å²) >= 11 is 0. The van der Waals surface area contributed by atoms with Crippen LogP contribution in [0.1, 0.15) is 13.3 Å². The summed E-state index contributed by atoms with van der Waals surface area (Å²) in [6.45, 7) is 1.42. The lowest BCUT2D eigenvalue weighted by Gasteiger charge is -1.90. The third-order valence-corrected chi connectivity index (χ3v) is 1.06. The molecule has 0 aromatic heterocycles. The van der Waals surface area contributed by atoms with Crippen LogP contribution in [0.4, 0.5) is 0 Å². The molecule has 0 heterocycles. The van der Waals surface area contributed by atoms with E-state index in [9.17, 15) is 9.59 Å². The molecule has 0 aromatic carbocycles. The van der Waals surface area contributed by atoms with E-state index in [1.54, 1.807) is 0 Å². The van der Waals surface area contributed by atoms with Crippen LogP contribution in [0.15, 0.2) is 0 Å². The molecule has 0 bridgehead atoms. The first-order chi connectivity index (χ1) is 4.95. The second-order valence-corrected chi connectivity index (χ2v) is 2.40. The lowest BCUT2D eigenvalue weighted by atomic mass is 10.4. The highest BCUT2D eigenvalue weighted by Gasteiger charge is 2.29. The van der Waals surface area contributed by atoms with Gasteiger partial charge in [-0.05, 0) is 6.92 Å². The van der Waals surface area contributed by atoms with Gasteiger partial charge < -0.3 is 16.6 Å². The summed E-state index contributed by atoms with van der Waals surface area (Å²) in [6, 6.07) is -0.819. The van der Waals surface area contributed by atoms with Gasteiger partial charge in [-0.15, -0.1) is 0 Å². The van der Waals surface area contributed by atoms with Gasteiger partial charge in [0.05, 0.1) is 6.04 Å². The fourth-order valence-corrected chi connectivity index (χ4v) is 0.158. The molecular weight excluding hydrogens is 148 g/mol. The monoisotopic (exact) mass is 160 g/mol. The minimum Gasteiger partial charge on any atom is -0.480 e. The van der Waals surface area contributed by atoms with Crippen LogP contribution >= 0.6 is 0 Å².